The van der Waals surface area contributed by atoms with Crippen molar-refractivity contribution in [1.29, 1.82) is 0 Å². The molecule has 5 rings (SSSR count). The molecule has 1 amide bonds. The summed E-state index contributed by atoms with van der Waals surface area (Å²) in [6.45, 7) is 4.46. The molecular formula is C28H34N4O2S. The summed E-state index contributed by atoms with van der Waals surface area (Å²) in [6, 6.07) is 21.7. The van der Waals surface area contributed by atoms with Gasteiger partial charge in [-0.2, -0.15) is 0 Å². The van der Waals surface area contributed by atoms with Crippen LogP contribution in [0.5, 0.6) is 0 Å². The standard InChI is InChI=1S/C28H34N4O2S/c33-28(34)30-27-24(29-26(35-27)23-14-8-3-9-15-23)20-31-16-18-32(19-17-31)25(21-10-4-1-5-11-21)22-12-6-2-7-13-22/h1-2,4-7,10-13,23,25,30H,3,8-9,14-20H2,(H,33,34). The fraction of sp³-hybridized carbons (Fsp3) is 0.429. The molecule has 6 nitrogen and oxygen atoms in total. The van der Waals surface area contributed by atoms with Crippen LogP contribution in [0.2, 0.25) is 0 Å². The molecule has 2 N–H and O–H groups in total. The number of aromatic nitrogens is 1. The van der Waals surface area contributed by atoms with Gasteiger partial charge in [0.2, 0.25) is 0 Å². The Kier molecular flexibility index (Phi) is 7.76. The van der Waals surface area contributed by atoms with Crippen LogP contribution in [0.25, 0.3) is 0 Å². The van der Waals surface area contributed by atoms with Crippen LogP contribution in [0.3, 0.4) is 0 Å². The molecule has 2 fully saturated rings. The molecule has 35 heavy (non-hydrogen) atoms. The molecule has 0 spiro atoms. The zero-order chi connectivity index (χ0) is 24.0. The van der Waals surface area contributed by atoms with E-state index in [4.69, 9.17) is 4.98 Å². The normalized spacial score (nSPS) is 18.1. The van der Waals surface area contributed by atoms with Crippen molar-refractivity contribution in [2.24, 2.45) is 0 Å². The molecule has 0 unspecified atom stereocenters. The molecule has 1 aliphatic heterocycles. The number of hydrogen-bond donors (Lipinski definition) is 2. The maximum Gasteiger partial charge on any atom is 0.409 e. The topological polar surface area (TPSA) is 68.7 Å². The Labute approximate surface area is 211 Å². The highest BCUT2D eigenvalue weighted by molar-refractivity contribution is 7.16. The number of amides is 1. The number of benzene rings is 2. The van der Waals surface area contributed by atoms with Crippen LogP contribution < -0.4 is 5.32 Å². The van der Waals surface area contributed by atoms with E-state index in [2.05, 4.69) is 75.8 Å². The van der Waals surface area contributed by atoms with Crippen molar-refractivity contribution < 1.29 is 9.90 Å². The van der Waals surface area contributed by atoms with Gasteiger partial charge < -0.3 is 5.11 Å². The number of hydrogen-bond acceptors (Lipinski definition) is 5. The van der Waals surface area contributed by atoms with Crippen molar-refractivity contribution in [2.45, 2.75) is 50.6 Å². The van der Waals surface area contributed by atoms with E-state index in [-0.39, 0.29) is 6.04 Å². The van der Waals surface area contributed by atoms with E-state index < -0.39 is 6.09 Å². The maximum atomic E-state index is 11.4. The molecule has 3 aromatic rings. The molecule has 7 heteroatoms. The van der Waals surface area contributed by atoms with Crippen LogP contribution in [0.1, 0.15) is 65.9 Å². The number of rotatable bonds is 7. The number of piperazine rings is 1. The highest BCUT2D eigenvalue weighted by Crippen LogP contribution is 2.38. The average Bonchev–Trinajstić information content (AvgIpc) is 3.28. The van der Waals surface area contributed by atoms with Gasteiger partial charge in [-0.25, -0.2) is 9.78 Å². The van der Waals surface area contributed by atoms with Gasteiger partial charge in [0, 0.05) is 38.6 Å². The summed E-state index contributed by atoms with van der Waals surface area (Å²) < 4.78 is 0. The minimum Gasteiger partial charge on any atom is -0.465 e. The first-order valence-electron chi connectivity index (χ1n) is 12.7. The molecule has 0 radical (unpaired) electrons. The van der Waals surface area contributed by atoms with Crippen LogP contribution in [-0.4, -0.2) is 52.2 Å². The summed E-state index contributed by atoms with van der Waals surface area (Å²) >= 11 is 1.54. The minimum absolute atomic E-state index is 0.237. The van der Waals surface area contributed by atoms with Gasteiger partial charge in [0.05, 0.1) is 16.7 Å². The summed E-state index contributed by atoms with van der Waals surface area (Å²) in [4.78, 5) is 21.4. The lowest BCUT2D eigenvalue weighted by atomic mass is 9.90. The van der Waals surface area contributed by atoms with E-state index >= 15 is 0 Å². The van der Waals surface area contributed by atoms with Gasteiger partial charge in [-0.3, -0.25) is 15.1 Å². The summed E-state index contributed by atoms with van der Waals surface area (Å²) in [5, 5.41) is 13.8. The lowest BCUT2D eigenvalue weighted by Gasteiger charge is -2.39. The van der Waals surface area contributed by atoms with Crippen molar-refractivity contribution in [3.63, 3.8) is 0 Å². The Balaban J connectivity index is 1.28. The van der Waals surface area contributed by atoms with Crippen molar-refractivity contribution in [1.82, 2.24) is 14.8 Å². The Morgan fingerprint density at radius 3 is 2.11 bits per heavy atom. The second-order valence-corrected chi connectivity index (χ2v) is 10.7. The number of anilines is 1. The monoisotopic (exact) mass is 490 g/mol. The molecule has 1 saturated heterocycles. The van der Waals surface area contributed by atoms with Gasteiger partial charge in [0.1, 0.15) is 5.00 Å². The first-order valence-corrected chi connectivity index (χ1v) is 13.5. The quantitative estimate of drug-likeness (QED) is 0.413. The van der Waals surface area contributed by atoms with E-state index in [1.165, 1.54) is 43.2 Å². The summed E-state index contributed by atoms with van der Waals surface area (Å²) in [7, 11) is 0. The van der Waals surface area contributed by atoms with E-state index in [1.54, 1.807) is 11.3 Å². The molecule has 2 aliphatic rings. The van der Waals surface area contributed by atoms with Gasteiger partial charge in [0.15, 0.2) is 0 Å². The van der Waals surface area contributed by atoms with Crippen molar-refractivity contribution in [3.8, 4) is 0 Å². The predicted molar refractivity (Wildman–Crippen MR) is 141 cm³/mol. The molecule has 0 atom stereocenters. The second-order valence-electron chi connectivity index (χ2n) is 9.63. The first kappa shape index (κ1) is 24.0. The lowest BCUT2D eigenvalue weighted by Crippen LogP contribution is -2.47. The third-order valence-electron chi connectivity index (χ3n) is 7.26. The molecule has 1 saturated carbocycles. The summed E-state index contributed by atoms with van der Waals surface area (Å²) in [5.74, 6) is 0.478. The number of carboxylic acid groups (broad SMARTS) is 1. The zero-order valence-corrected chi connectivity index (χ0v) is 20.9. The molecule has 2 heterocycles. The Morgan fingerprint density at radius 1 is 0.943 bits per heavy atom. The van der Waals surface area contributed by atoms with E-state index in [1.807, 2.05) is 0 Å². The average molecular weight is 491 g/mol. The molecule has 1 aromatic heterocycles. The van der Waals surface area contributed by atoms with Crippen LogP contribution in [0, 0.1) is 0 Å². The number of nitrogens with one attached hydrogen (secondary N) is 1. The summed E-state index contributed by atoms with van der Waals surface area (Å²) in [5.41, 5.74) is 3.52. The van der Waals surface area contributed by atoms with Gasteiger partial charge in [-0.1, -0.05) is 79.9 Å². The van der Waals surface area contributed by atoms with Crippen LogP contribution in [-0.2, 0) is 6.54 Å². The number of nitrogens with zero attached hydrogens (tertiary/aromatic N) is 3. The summed E-state index contributed by atoms with van der Waals surface area (Å²) in [6.07, 6.45) is 5.10. The second kappa shape index (κ2) is 11.3. The minimum atomic E-state index is -1.01. The largest absolute Gasteiger partial charge is 0.465 e. The highest BCUT2D eigenvalue weighted by atomic mass is 32.1. The van der Waals surface area contributed by atoms with Crippen molar-refractivity contribution in [3.05, 3.63) is 82.5 Å². The Hall–Kier alpha value is -2.74. The maximum absolute atomic E-state index is 11.4. The zero-order valence-electron chi connectivity index (χ0n) is 20.1. The van der Waals surface area contributed by atoms with Crippen LogP contribution in [0.15, 0.2) is 60.7 Å². The SMILES string of the molecule is O=C(O)Nc1sc(C2CCCCC2)nc1CN1CCN(C(c2ccccc2)c2ccccc2)CC1. The molecule has 1 aliphatic carbocycles. The smallest absolute Gasteiger partial charge is 0.409 e. The first-order chi connectivity index (χ1) is 17.2. The predicted octanol–water partition coefficient (Wildman–Crippen LogP) is 6.19. The third-order valence-corrected chi connectivity index (χ3v) is 8.44. The van der Waals surface area contributed by atoms with Gasteiger partial charge in [-0.15, -0.1) is 11.3 Å². The third kappa shape index (κ3) is 5.92. The van der Waals surface area contributed by atoms with Gasteiger partial charge in [-0.05, 0) is 24.0 Å². The van der Waals surface area contributed by atoms with Crippen molar-refractivity contribution in [2.75, 3.05) is 31.5 Å². The van der Waals surface area contributed by atoms with Gasteiger partial charge >= 0.3 is 6.09 Å². The van der Waals surface area contributed by atoms with E-state index in [0.717, 1.165) is 36.9 Å². The Bertz CT molecular complexity index is 1050. The van der Waals surface area contributed by atoms with Crippen molar-refractivity contribution >= 4 is 22.4 Å². The Morgan fingerprint density at radius 2 is 1.54 bits per heavy atom. The van der Waals surface area contributed by atoms with E-state index in [9.17, 15) is 9.90 Å². The number of thiazole rings is 1. The fourth-order valence-corrected chi connectivity index (χ4v) is 6.61. The molecule has 0 bridgehead atoms. The fourth-order valence-electron chi connectivity index (χ4n) is 5.47. The van der Waals surface area contributed by atoms with E-state index in [0.29, 0.717) is 17.5 Å². The molecular weight excluding hydrogens is 456 g/mol. The van der Waals surface area contributed by atoms with Gasteiger partial charge in [0.25, 0.3) is 0 Å². The lowest BCUT2D eigenvalue weighted by molar-refractivity contribution is 0.104. The highest BCUT2D eigenvalue weighted by Gasteiger charge is 2.28. The van der Waals surface area contributed by atoms with Crippen LogP contribution in [0.4, 0.5) is 9.80 Å². The molecule has 184 valence electrons. The van der Waals surface area contributed by atoms with Crippen LogP contribution >= 0.6 is 11.3 Å². The molecule has 2 aromatic carbocycles. The number of carbonyl (C=O) groups is 1.